The third-order valence-corrected chi connectivity index (χ3v) is 2.84. The van der Waals surface area contributed by atoms with E-state index in [9.17, 15) is 19.7 Å². The van der Waals surface area contributed by atoms with Crippen molar-refractivity contribution in [2.45, 2.75) is 6.92 Å². The number of nitro benzene ring substituents is 1. The molecule has 122 valence electrons. The molecule has 0 aromatic heterocycles. The minimum absolute atomic E-state index is 0.000345. The fourth-order valence-electron chi connectivity index (χ4n) is 1.63. The SMILES string of the molecule is C=C/C(Oc1ccc(C(=O)OC)cc1[N+](=O)[O-])=C(\C)C(=O)OC. The molecule has 0 N–H and O–H groups in total. The third kappa shape index (κ3) is 4.16. The van der Waals surface area contributed by atoms with Gasteiger partial charge in [0.1, 0.15) is 5.76 Å². The lowest BCUT2D eigenvalue weighted by Gasteiger charge is -2.10. The van der Waals surface area contributed by atoms with Gasteiger partial charge in [0, 0.05) is 6.07 Å². The van der Waals surface area contributed by atoms with E-state index in [1.165, 1.54) is 32.2 Å². The monoisotopic (exact) mass is 321 g/mol. The Labute approximate surface area is 132 Å². The van der Waals surface area contributed by atoms with Crippen LogP contribution in [0.1, 0.15) is 17.3 Å². The number of nitrogens with zero attached hydrogens (tertiary/aromatic N) is 1. The maximum atomic E-state index is 11.5. The molecule has 0 radical (unpaired) electrons. The summed E-state index contributed by atoms with van der Waals surface area (Å²) >= 11 is 0. The summed E-state index contributed by atoms with van der Waals surface area (Å²) in [6, 6.07) is 3.57. The maximum absolute atomic E-state index is 11.5. The molecule has 0 aliphatic rings. The van der Waals surface area contributed by atoms with Crippen LogP contribution >= 0.6 is 0 Å². The van der Waals surface area contributed by atoms with Gasteiger partial charge in [-0.3, -0.25) is 10.1 Å². The molecule has 0 bridgehead atoms. The topological polar surface area (TPSA) is 105 Å². The number of benzene rings is 1. The van der Waals surface area contributed by atoms with Crippen molar-refractivity contribution in [1.82, 2.24) is 0 Å². The zero-order valence-electron chi connectivity index (χ0n) is 12.8. The van der Waals surface area contributed by atoms with E-state index in [0.717, 1.165) is 13.2 Å². The summed E-state index contributed by atoms with van der Waals surface area (Å²) in [5.41, 5.74) is -0.362. The highest BCUT2D eigenvalue weighted by atomic mass is 16.6. The second-order valence-corrected chi connectivity index (χ2v) is 4.22. The van der Waals surface area contributed by atoms with Crippen LogP contribution in [0.25, 0.3) is 0 Å². The average Bonchev–Trinajstić information content (AvgIpc) is 2.57. The van der Waals surface area contributed by atoms with E-state index in [0.29, 0.717) is 0 Å². The summed E-state index contributed by atoms with van der Waals surface area (Å²) in [4.78, 5) is 33.4. The van der Waals surface area contributed by atoms with Crippen LogP contribution in [-0.2, 0) is 14.3 Å². The molecule has 1 rings (SSSR count). The zero-order valence-corrected chi connectivity index (χ0v) is 12.8. The lowest BCUT2D eigenvalue weighted by molar-refractivity contribution is -0.385. The highest BCUT2D eigenvalue weighted by Gasteiger charge is 2.21. The van der Waals surface area contributed by atoms with E-state index in [2.05, 4.69) is 16.1 Å². The minimum Gasteiger partial charge on any atom is -0.466 e. The van der Waals surface area contributed by atoms with Crippen molar-refractivity contribution in [1.29, 1.82) is 0 Å². The molecule has 1 aromatic rings. The summed E-state index contributed by atoms with van der Waals surface area (Å²) in [6.45, 7) is 4.92. The first-order valence-electron chi connectivity index (χ1n) is 6.31. The van der Waals surface area contributed by atoms with Crippen LogP contribution in [0.2, 0.25) is 0 Å². The van der Waals surface area contributed by atoms with E-state index >= 15 is 0 Å². The van der Waals surface area contributed by atoms with Gasteiger partial charge in [0.05, 0.1) is 30.3 Å². The predicted molar refractivity (Wildman–Crippen MR) is 80.0 cm³/mol. The molecule has 8 nitrogen and oxygen atoms in total. The van der Waals surface area contributed by atoms with Gasteiger partial charge >= 0.3 is 17.6 Å². The summed E-state index contributed by atoms with van der Waals surface area (Å²) in [5.74, 6) is -1.52. The standard InChI is InChI=1S/C15H15NO7/c1-5-12(9(2)14(17)21-3)23-13-7-6-10(15(18)22-4)8-11(13)16(19)20/h5-8H,1H2,2-4H3/b12-9-. The lowest BCUT2D eigenvalue weighted by Crippen LogP contribution is -2.09. The van der Waals surface area contributed by atoms with E-state index < -0.39 is 22.5 Å². The van der Waals surface area contributed by atoms with Crippen LogP contribution in [0.4, 0.5) is 5.69 Å². The highest BCUT2D eigenvalue weighted by molar-refractivity contribution is 5.91. The first-order chi connectivity index (χ1) is 10.8. The van der Waals surface area contributed by atoms with Crippen molar-refractivity contribution in [3.63, 3.8) is 0 Å². The molecule has 0 heterocycles. The van der Waals surface area contributed by atoms with Gasteiger partial charge in [0.2, 0.25) is 5.75 Å². The number of nitro groups is 1. The number of methoxy groups -OCH3 is 2. The van der Waals surface area contributed by atoms with Gasteiger partial charge < -0.3 is 14.2 Å². The summed E-state index contributed by atoms with van der Waals surface area (Å²) in [6.07, 6.45) is 1.23. The highest BCUT2D eigenvalue weighted by Crippen LogP contribution is 2.30. The van der Waals surface area contributed by atoms with Crippen LogP contribution in [0.3, 0.4) is 0 Å². The van der Waals surface area contributed by atoms with Gasteiger partial charge in [0.25, 0.3) is 0 Å². The van der Waals surface area contributed by atoms with Crippen molar-refractivity contribution >= 4 is 17.6 Å². The molecule has 0 atom stereocenters. The van der Waals surface area contributed by atoms with Crippen LogP contribution in [-0.4, -0.2) is 31.1 Å². The molecule has 23 heavy (non-hydrogen) atoms. The Morgan fingerprint density at radius 1 is 1.26 bits per heavy atom. The van der Waals surface area contributed by atoms with E-state index in [1.807, 2.05) is 0 Å². The number of carbonyl (C=O) groups excluding carboxylic acids is 2. The first kappa shape index (κ1) is 17.9. The molecule has 0 aliphatic carbocycles. The van der Waals surface area contributed by atoms with Gasteiger partial charge in [0.15, 0.2) is 0 Å². The molecule has 0 amide bonds. The molecule has 1 aromatic carbocycles. The van der Waals surface area contributed by atoms with Gasteiger partial charge in [-0.15, -0.1) is 0 Å². The van der Waals surface area contributed by atoms with Crippen LogP contribution in [0.5, 0.6) is 5.75 Å². The minimum atomic E-state index is -0.718. The van der Waals surface area contributed by atoms with Gasteiger partial charge in [-0.05, 0) is 25.1 Å². The number of carbonyl (C=O) groups is 2. The van der Waals surface area contributed by atoms with Gasteiger partial charge in [-0.1, -0.05) is 6.58 Å². The van der Waals surface area contributed by atoms with Crippen molar-refractivity contribution in [2.75, 3.05) is 14.2 Å². The number of rotatable bonds is 6. The predicted octanol–water partition coefficient (Wildman–Crippen LogP) is 2.39. The van der Waals surface area contributed by atoms with Crippen molar-refractivity contribution in [3.05, 3.63) is 57.9 Å². The summed E-state index contributed by atoms with van der Waals surface area (Å²) in [5, 5.41) is 11.2. The number of hydrogen-bond acceptors (Lipinski definition) is 7. The van der Waals surface area contributed by atoms with Crippen molar-refractivity contribution in [3.8, 4) is 5.75 Å². The Morgan fingerprint density at radius 3 is 2.39 bits per heavy atom. The third-order valence-electron chi connectivity index (χ3n) is 2.84. The van der Waals surface area contributed by atoms with Gasteiger partial charge in [-0.25, -0.2) is 9.59 Å². The fraction of sp³-hybridized carbons (Fsp3) is 0.200. The summed E-state index contributed by atoms with van der Waals surface area (Å²) < 4.78 is 14.4. The largest absolute Gasteiger partial charge is 0.466 e. The molecule has 0 unspecified atom stereocenters. The molecule has 8 heteroatoms. The molecular formula is C15H15NO7. The number of ether oxygens (including phenoxy) is 3. The van der Waals surface area contributed by atoms with Crippen LogP contribution < -0.4 is 4.74 Å². The molecule has 0 saturated carbocycles. The Hall–Kier alpha value is -3.16. The molecule has 0 aliphatic heterocycles. The molecule has 0 spiro atoms. The van der Waals surface area contributed by atoms with Gasteiger partial charge in [-0.2, -0.15) is 0 Å². The number of esters is 2. The van der Waals surface area contributed by atoms with E-state index in [4.69, 9.17) is 4.74 Å². The molecule has 0 saturated heterocycles. The number of hydrogen-bond donors (Lipinski definition) is 0. The molecular weight excluding hydrogens is 306 g/mol. The fourth-order valence-corrected chi connectivity index (χ4v) is 1.63. The first-order valence-corrected chi connectivity index (χ1v) is 6.31. The van der Waals surface area contributed by atoms with E-state index in [-0.39, 0.29) is 22.6 Å². The Kier molecular flexibility index (Phi) is 6.02. The zero-order chi connectivity index (χ0) is 17.6. The maximum Gasteiger partial charge on any atom is 0.338 e. The number of allylic oxidation sites excluding steroid dienone is 1. The Balaban J connectivity index is 3.32. The second-order valence-electron chi connectivity index (χ2n) is 4.22. The lowest BCUT2D eigenvalue weighted by atomic mass is 10.2. The van der Waals surface area contributed by atoms with Crippen molar-refractivity contribution in [2.24, 2.45) is 0 Å². The average molecular weight is 321 g/mol. The Bertz CT molecular complexity index is 691. The smallest absolute Gasteiger partial charge is 0.338 e. The normalized spacial score (nSPS) is 11.1. The van der Waals surface area contributed by atoms with Crippen molar-refractivity contribution < 1.29 is 28.7 Å². The summed E-state index contributed by atoms with van der Waals surface area (Å²) in [7, 11) is 2.36. The van der Waals surface area contributed by atoms with Crippen LogP contribution in [0.15, 0.2) is 42.2 Å². The quantitative estimate of drug-likeness (QED) is 0.198. The van der Waals surface area contributed by atoms with E-state index in [1.54, 1.807) is 0 Å². The molecule has 0 fully saturated rings. The Morgan fingerprint density at radius 2 is 1.91 bits per heavy atom. The van der Waals surface area contributed by atoms with Crippen LogP contribution in [0, 0.1) is 10.1 Å². The second kappa shape index (κ2) is 7.74.